The number of ketones is 1. The molecule has 0 saturated heterocycles. The number of carbonyl (C=O) groups excluding carboxylic acids is 1. The smallest absolute Gasteiger partial charge is 0.150 e. The van der Waals surface area contributed by atoms with Gasteiger partial charge in [-0.3, -0.25) is 4.79 Å². The van der Waals surface area contributed by atoms with Gasteiger partial charge < -0.3 is 0 Å². The number of hydrogen-bond donors (Lipinski definition) is 0. The van der Waals surface area contributed by atoms with E-state index >= 15 is 0 Å². The zero-order valence-corrected chi connectivity index (χ0v) is 8.77. The van der Waals surface area contributed by atoms with E-state index in [0.29, 0.717) is 12.3 Å². The summed E-state index contributed by atoms with van der Waals surface area (Å²) in [5.41, 5.74) is 0. The summed E-state index contributed by atoms with van der Waals surface area (Å²) in [5.74, 6) is 0.731. The van der Waals surface area contributed by atoms with Gasteiger partial charge in [-0.25, -0.2) is 0 Å². The number of rotatable bonds is 1. The number of carbonyl (C=O) groups is 1. The Morgan fingerprint density at radius 1 is 1.54 bits per heavy atom. The minimum atomic E-state index is -0.249. The van der Waals surface area contributed by atoms with Crippen molar-refractivity contribution in [2.45, 2.75) is 30.6 Å². The number of hydrogen-bond acceptors (Lipinski definition) is 2. The maximum absolute atomic E-state index is 11.2. The van der Waals surface area contributed by atoms with Crippen molar-refractivity contribution in [2.75, 3.05) is 0 Å². The summed E-state index contributed by atoms with van der Waals surface area (Å²) < 4.78 is 0. The first-order valence-corrected chi connectivity index (χ1v) is 5.79. The molecule has 1 heterocycles. The first-order valence-electron chi connectivity index (χ1n) is 4.47. The van der Waals surface area contributed by atoms with Gasteiger partial charge in [0.05, 0.1) is 5.38 Å². The van der Waals surface area contributed by atoms with Gasteiger partial charge in [-0.1, -0.05) is 6.07 Å². The van der Waals surface area contributed by atoms with Crippen molar-refractivity contribution in [2.24, 2.45) is 0 Å². The number of alkyl halides is 1. The Morgan fingerprint density at radius 3 is 3.00 bits per heavy atom. The van der Waals surface area contributed by atoms with E-state index in [-0.39, 0.29) is 11.2 Å². The summed E-state index contributed by atoms with van der Waals surface area (Å²) in [7, 11) is 0. The molecule has 0 aliphatic heterocycles. The highest BCUT2D eigenvalue weighted by Gasteiger charge is 2.28. The molecular weight excluding hydrogens is 204 g/mol. The van der Waals surface area contributed by atoms with Crippen molar-refractivity contribution < 1.29 is 4.79 Å². The highest BCUT2D eigenvalue weighted by molar-refractivity contribution is 7.10. The topological polar surface area (TPSA) is 17.1 Å². The molecule has 1 saturated carbocycles. The average Bonchev–Trinajstić information content (AvgIpc) is 2.62. The average molecular weight is 215 g/mol. The molecule has 70 valence electrons. The van der Waals surface area contributed by atoms with E-state index in [0.717, 1.165) is 12.8 Å². The quantitative estimate of drug-likeness (QED) is 0.657. The van der Waals surface area contributed by atoms with Crippen molar-refractivity contribution in [3.05, 3.63) is 22.4 Å². The van der Waals surface area contributed by atoms with Gasteiger partial charge in [0.1, 0.15) is 0 Å². The van der Waals surface area contributed by atoms with Crippen LogP contribution in [0.15, 0.2) is 17.5 Å². The van der Waals surface area contributed by atoms with Gasteiger partial charge in [-0.2, -0.15) is 0 Å². The minimum Gasteiger partial charge on any atom is -0.298 e. The molecular formula is C10H11ClOS. The molecule has 1 aliphatic rings. The second kappa shape index (κ2) is 3.81. The van der Waals surface area contributed by atoms with Crippen LogP contribution in [0.5, 0.6) is 0 Å². The van der Waals surface area contributed by atoms with Gasteiger partial charge in [-0.15, -0.1) is 22.9 Å². The lowest BCUT2D eigenvalue weighted by molar-refractivity contribution is -0.120. The molecule has 0 radical (unpaired) electrons. The van der Waals surface area contributed by atoms with Gasteiger partial charge in [0.15, 0.2) is 5.78 Å². The highest BCUT2D eigenvalue weighted by Crippen LogP contribution is 2.35. The molecule has 0 spiro atoms. The fourth-order valence-corrected chi connectivity index (χ4v) is 2.96. The van der Waals surface area contributed by atoms with E-state index in [9.17, 15) is 4.79 Å². The van der Waals surface area contributed by atoms with Crippen molar-refractivity contribution in [1.82, 2.24) is 0 Å². The van der Waals surface area contributed by atoms with E-state index in [2.05, 4.69) is 17.5 Å². The standard InChI is InChI=1S/C10H11ClOS/c11-8-6-7(3-4-9(8)12)10-2-1-5-13-10/h1-2,5,7-8H,3-4,6H2. The van der Waals surface area contributed by atoms with Crippen LogP contribution < -0.4 is 0 Å². The third kappa shape index (κ3) is 1.94. The van der Waals surface area contributed by atoms with Crippen LogP contribution in [0.3, 0.4) is 0 Å². The molecule has 2 unspecified atom stereocenters. The maximum Gasteiger partial charge on any atom is 0.150 e. The molecule has 0 bridgehead atoms. The molecule has 2 atom stereocenters. The van der Waals surface area contributed by atoms with E-state index in [1.807, 2.05) is 0 Å². The molecule has 0 N–H and O–H groups in total. The van der Waals surface area contributed by atoms with E-state index < -0.39 is 0 Å². The largest absolute Gasteiger partial charge is 0.298 e. The predicted molar refractivity (Wildman–Crippen MR) is 55.6 cm³/mol. The van der Waals surface area contributed by atoms with Crippen molar-refractivity contribution in [3.63, 3.8) is 0 Å². The third-order valence-corrected chi connectivity index (χ3v) is 3.98. The fraction of sp³-hybridized carbons (Fsp3) is 0.500. The van der Waals surface area contributed by atoms with E-state index in [4.69, 9.17) is 11.6 Å². The summed E-state index contributed by atoms with van der Waals surface area (Å²) >= 11 is 7.70. The van der Waals surface area contributed by atoms with Crippen molar-refractivity contribution in [1.29, 1.82) is 0 Å². The van der Waals surface area contributed by atoms with Gasteiger partial charge in [0, 0.05) is 11.3 Å². The molecule has 1 aliphatic carbocycles. The molecule has 0 aromatic carbocycles. The lowest BCUT2D eigenvalue weighted by atomic mass is 9.87. The molecule has 3 heteroatoms. The Morgan fingerprint density at radius 2 is 2.38 bits per heavy atom. The van der Waals surface area contributed by atoms with E-state index in [1.165, 1.54) is 4.88 Å². The zero-order chi connectivity index (χ0) is 9.26. The summed E-state index contributed by atoms with van der Waals surface area (Å²) in [5, 5.41) is 1.83. The number of halogens is 1. The zero-order valence-electron chi connectivity index (χ0n) is 7.20. The number of Topliss-reactive ketones (excluding diaryl/α,β-unsaturated/α-hetero) is 1. The van der Waals surface area contributed by atoms with Gasteiger partial charge in [0.25, 0.3) is 0 Å². The maximum atomic E-state index is 11.2. The van der Waals surface area contributed by atoms with Crippen LogP contribution in [0.1, 0.15) is 30.1 Å². The third-order valence-electron chi connectivity index (χ3n) is 2.53. The first kappa shape index (κ1) is 9.22. The van der Waals surface area contributed by atoms with Crippen LogP contribution >= 0.6 is 22.9 Å². The summed E-state index contributed by atoms with van der Waals surface area (Å²) in [6, 6.07) is 4.19. The molecule has 1 nitrogen and oxygen atoms in total. The molecule has 0 amide bonds. The van der Waals surface area contributed by atoms with Crippen molar-refractivity contribution in [3.8, 4) is 0 Å². The fourth-order valence-electron chi connectivity index (χ4n) is 1.75. The molecule has 2 rings (SSSR count). The molecule has 13 heavy (non-hydrogen) atoms. The predicted octanol–water partition coefficient (Wildman–Crippen LogP) is 3.19. The second-order valence-electron chi connectivity index (χ2n) is 3.42. The SMILES string of the molecule is O=C1CCC(c2cccs2)CC1Cl. The van der Waals surface area contributed by atoms with Crippen LogP contribution in [0.4, 0.5) is 0 Å². The lowest BCUT2D eigenvalue weighted by Crippen LogP contribution is -2.23. The van der Waals surface area contributed by atoms with E-state index in [1.54, 1.807) is 11.3 Å². The van der Waals surface area contributed by atoms with Crippen LogP contribution in [0.2, 0.25) is 0 Å². The van der Waals surface area contributed by atoms with Crippen LogP contribution in [0, 0.1) is 0 Å². The molecule has 1 aromatic heterocycles. The highest BCUT2D eigenvalue weighted by atomic mass is 35.5. The molecule has 1 aromatic rings. The Balaban J connectivity index is 2.07. The van der Waals surface area contributed by atoms with Gasteiger partial charge >= 0.3 is 0 Å². The summed E-state index contributed by atoms with van der Waals surface area (Å²) in [6.45, 7) is 0. The van der Waals surface area contributed by atoms with Gasteiger partial charge in [0.2, 0.25) is 0 Å². The Hall–Kier alpha value is -0.340. The number of thiophene rings is 1. The second-order valence-corrected chi connectivity index (χ2v) is 4.93. The Kier molecular flexibility index (Phi) is 2.70. The lowest BCUT2D eigenvalue weighted by Gasteiger charge is -2.23. The summed E-state index contributed by atoms with van der Waals surface area (Å²) in [6.07, 6.45) is 2.44. The normalized spacial score (nSPS) is 29.2. The Labute approximate surface area is 86.7 Å². The first-order chi connectivity index (χ1) is 6.27. The van der Waals surface area contributed by atoms with Crippen LogP contribution in [-0.4, -0.2) is 11.2 Å². The molecule has 1 fully saturated rings. The van der Waals surface area contributed by atoms with Crippen LogP contribution in [0.25, 0.3) is 0 Å². The van der Waals surface area contributed by atoms with Crippen molar-refractivity contribution >= 4 is 28.7 Å². The monoisotopic (exact) mass is 214 g/mol. The minimum absolute atomic E-state index is 0.217. The van der Waals surface area contributed by atoms with Gasteiger partial charge in [-0.05, 0) is 30.2 Å². The Bertz CT molecular complexity index is 294. The van der Waals surface area contributed by atoms with Crippen LogP contribution in [-0.2, 0) is 4.79 Å². The summed E-state index contributed by atoms with van der Waals surface area (Å²) in [4.78, 5) is 12.6.